The van der Waals surface area contributed by atoms with Crippen LogP contribution in [0.1, 0.15) is 5.56 Å². The van der Waals surface area contributed by atoms with Crippen molar-refractivity contribution in [3.63, 3.8) is 0 Å². The zero-order chi connectivity index (χ0) is 20.5. The van der Waals surface area contributed by atoms with Crippen LogP contribution >= 0.6 is 34.5 Å². The molecule has 2 aromatic carbocycles. The number of fused-ring (bicyclic) bond motifs is 1. The van der Waals surface area contributed by atoms with Crippen LogP contribution in [0.25, 0.3) is 33.7 Å². The van der Waals surface area contributed by atoms with Crippen molar-refractivity contribution in [3.8, 4) is 22.8 Å². The molecule has 3 N–H and O–H groups in total. The number of quaternary nitrogens is 1. The van der Waals surface area contributed by atoms with Gasteiger partial charge in [-0.15, -0.1) is 0 Å². The lowest BCUT2D eigenvalue weighted by Crippen LogP contribution is -3.00. The van der Waals surface area contributed by atoms with E-state index < -0.39 is 0 Å². The molecule has 0 fully saturated rings. The van der Waals surface area contributed by atoms with Crippen molar-refractivity contribution in [1.82, 2.24) is 9.97 Å². The van der Waals surface area contributed by atoms with E-state index in [-0.39, 0.29) is 17.0 Å². The zero-order valence-electron chi connectivity index (χ0n) is 15.9. The first-order valence-electron chi connectivity index (χ1n) is 9.11. The third-order valence-electron chi connectivity index (χ3n) is 4.59. The number of nitrogens with one attached hydrogen (secondary N) is 1. The second kappa shape index (κ2) is 9.38. The molecule has 0 saturated heterocycles. The number of halogens is 3. The molecule has 0 radical (unpaired) electrons. The summed E-state index contributed by atoms with van der Waals surface area (Å²) < 4.78 is 5.96. The molecule has 0 aliphatic heterocycles. The Kier molecular flexibility index (Phi) is 6.60. The molecule has 5 nitrogen and oxygen atoms in total. The van der Waals surface area contributed by atoms with Crippen LogP contribution in [0.15, 0.2) is 75.7 Å². The quantitative estimate of drug-likeness (QED) is 0.207. The van der Waals surface area contributed by atoms with Crippen molar-refractivity contribution in [3.05, 3.63) is 81.8 Å². The number of aromatic nitrogens is 2. The fraction of sp³-hybridized carbons (Fsp3) is 0. The molecule has 0 bridgehead atoms. The molecule has 0 saturated carbocycles. The van der Waals surface area contributed by atoms with Crippen molar-refractivity contribution in [2.75, 3.05) is 0 Å². The van der Waals surface area contributed by atoms with Crippen LogP contribution in [-0.2, 0) is 0 Å². The Balaban J connectivity index is 0.00000231. The maximum absolute atomic E-state index is 6.27. The Labute approximate surface area is 202 Å². The molecule has 5 aromatic rings. The molecule has 0 aliphatic rings. The van der Waals surface area contributed by atoms with E-state index >= 15 is 0 Å². The van der Waals surface area contributed by atoms with E-state index in [2.05, 4.69) is 21.1 Å². The van der Waals surface area contributed by atoms with Crippen LogP contribution in [0.4, 0.5) is 5.13 Å². The van der Waals surface area contributed by atoms with Crippen molar-refractivity contribution < 1.29 is 26.8 Å². The fourth-order valence-electron chi connectivity index (χ4n) is 3.15. The van der Waals surface area contributed by atoms with Gasteiger partial charge in [-0.25, -0.2) is 0 Å². The molecule has 31 heavy (non-hydrogen) atoms. The number of nitrogens with two attached hydrogens (primary N) is 1. The summed E-state index contributed by atoms with van der Waals surface area (Å²) in [6, 6.07) is 17.1. The Morgan fingerprint density at radius 3 is 2.81 bits per heavy atom. The topological polar surface area (TPSA) is 70.8 Å². The second-order valence-electron chi connectivity index (χ2n) is 6.56. The molecule has 0 atom stereocenters. The summed E-state index contributed by atoms with van der Waals surface area (Å²) >= 11 is 13.9. The minimum Gasteiger partial charge on any atom is -1.00 e. The van der Waals surface area contributed by atoms with Crippen molar-refractivity contribution in [2.45, 2.75) is 0 Å². The Morgan fingerprint density at radius 2 is 1.90 bits per heavy atom. The Bertz CT molecular complexity index is 1370. The average Bonchev–Trinajstić information content (AvgIpc) is 3.49. The number of hydrogen-bond donors (Lipinski definition) is 2. The van der Waals surface area contributed by atoms with Crippen LogP contribution < -0.4 is 22.4 Å². The first-order valence-corrected chi connectivity index (χ1v) is 10.7. The normalized spacial score (nSPS) is 11.3. The number of rotatable bonds is 5. The highest BCUT2D eigenvalue weighted by Gasteiger charge is 2.14. The number of benzene rings is 2. The number of H-pyrrole nitrogens is 1. The molecule has 3 heterocycles. The number of thiazole rings is 1. The van der Waals surface area contributed by atoms with Gasteiger partial charge in [0.2, 0.25) is 0 Å². The maximum Gasteiger partial charge on any atom is 0.310 e. The number of nitrogens with zero attached hydrogens (tertiary/aromatic N) is 2. The van der Waals surface area contributed by atoms with E-state index in [0.717, 1.165) is 32.9 Å². The van der Waals surface area contributed by atoms with E-state index in [4.69, 9.17) is 27.6 Å². The Hall–Kier alpha value is -2.42. The average molecular weight is 534 g/mol. The molecular formula is C22H15BrCl2N4OS. The van der Waals surface area contributed by atoms with E-state index in [9.17, 15) is 0 Å². The number of hydrogen-bond acceptors (Lipinski definition) is 4. The van der Waals surface area contributed by atoms with Gasteiger partial charge in [-0.1, -0.05) is 57.8 Å². The summed E-state index contributed by atoms with van der Waals surface area (Å²) in [6.07, 6.45) is 3.77. The third kappa shape index (κ3) is 4.61. The van der Waals surface area contributed by atoms with Gasteiger partial charge >= 0.3 is 5.13 Å². The molecule has 9 heteroatoms. The first-order chi connectivity index (χ1) is 14.7. The van der Waals surface area contributed by atoms with E-state index in [1.54, 1.807) is 23.6 Å². The smallest absolute Gasteiger partial charge is 0.310 e. The van der Waals surface area contributed by atoms with Crippen LogP contribution in [0.2, 0.25) is 10.0 Å². The van der Waals surface area contributed by atoms with E-state index in [0.29, 0.717) is 21.6 Å². The maximum atomic E-state index is 6.27. The van der Waals surface area contributed by atoms with Crippen molar-refractivity contribution in [2.24, 2.45) is 5.10 Å². The SMILES string of the molecule is Clc1ccc(Cl)c(-c2ccc(-c3csc([NH2+]N=Cc4c[nH]c5ccccc45)n3)o2)c1.[Br-]. The van der Waals surface area contributed by atoms with Crippen LogP contribution in [0.3, 0.4) is 0 Å². The van der Waals surface area contributed by atoms with Gasteiger partial charge < -0.3 is 26.4 Å². The number of aromatic amines is 1. The lowest BCUT2D eigenvalue weighted by molar-refractivity contribution is -0.576. The Morgan fingerprint density at radius 1 is 1.06 bits per heavy atom. The van der Waals surface area contributed by atoms with Gasteiger partial charge in [0.05, 0.1) is 11.2 Å². The predicted molar refractivity (Wildman–Crippen MR) is 123 cm³/mol. The summed E-state index contributed by atoms with van der Waals surface area (Å²) in [5, 5.41) is 9.48. The van der Waals surface area contributed by atoms with E-state index in [1.807, 2.05) is 48.1 Å². The first kappa shape index (κ1) is 21.8. The number of para-hydroxylation sites is 1. The fourth-order valence-corrected chi connectivity index (χ4v) is 4.21. The van der Waals surface area contributed by atoms with Gasteiger partial charge in [-0.05, 0) is 36.4 Å². The van der Waals surface area contributed by atoms with E-state index in [1.165, 1.54) is 11.3 Å². The molecule has 0 amide bonds. The highest BCUT2D eigenvalue weighted by Crippen LogP contribution is 2.34. The highest BCUT2D eigenvalue weighted by molar-refractivity contribution is 7.13. The molecule has 0 aliphatic carbocycles. The van der Waals surface area contributed by atoms with Gasteiger partial charge in [0.1, 0.15) is 11.5 Å². The minimum absolute atomic E-state index is 0. The van der Waals surface area contributed by atoms with Gasteiger partial charge in [-0.3, -0.25) is 0 Å². The van der Waals surface area contributed by atoms with Gasteiger partial charge in [0, 0.05) is 38.6 Å². The van der Waals surface area contributed by atoms with Crippen molar-refractivity contribution >= 4 is 56.8 Å². The largest absolute Gasteiger partial charge is 1.00 e. The number of furan rings is 1. The minimum atomic E-state index is 0. The van der Waals surface area contributed by atoms with Gasteiger partial charge in [0.25, 0.3) is 0 Å². The predicted octanol–water partition coefficient (Wildman–Crippen LogP) is 3.09. The second-order valence-corrected chi connectivity index (χ2v) is 8.29. The third-order valence-corrected chi connectivity index (χ3v) is 5.94. The van der Waals surface area contributed by atoms with Crippen molar-refractivity contribution in [1.29, 1.82) is 0 Å². The summed E-state index contributed by atoms with van der Waals surface area (Å²) in [7, 11) is 0. The summed E-state index contributed by atoms with van der Waals surface area (Å²) in [6.45, 7) is 0. The molecule has 3 aromatic heterocycles. The molecule has 5 rings (SSSR count). The molecular weight excluding hydrogens is 519 g/mol. The van der Waals surface area contributed by atoms with Gasteiger partial charge in [-0.2, -0.15) is 10.4 Å². The molecule has 156 valence electrons. The molecule has 0 unspecified atom stereocenters. The molecule has 0 spiro atoms. The van der Waals surface area contributed by atoms with Crippen LogP contribution in [0.5, 0.6) is 0 Å². The summed E-state index contributed by atoms with van der Waals surface area (Å²) in [5.41, 5.74) is 5.36. The lowest BCUT2D eigenvalue weighted by atomic mass is 10.2. The zero-order valence-corrected chi connectivity index (χ0v) is 19.8. The highest BCUT2D eigenvalue weighted by atomic mass is 79.9. The standard InChI is InChI=1S/C22H14Cl2N4OS.BrH/c23-14-5-6-17(24)16(9-14)20-7-8-21(29-20)19-12-30-22(27-19)28-26-11-13-10-25-18-4-2-1-3-15(13)18;/h1-12,25H,(H,27,28);1H. The summed E-state index contributed by atoms with van der Waals surface area (Å²) in [5.74, 6) is 1.31. The van der Waals surface area contributed by atoms with Crippen LogP contribution in [0, 0.1) is 0 Å². The van der Waals surface area contributed by atoms with Gasteiger partial charge in [0.15, 0.2) is 5.76 Å². The monoisotopic (exact) mass is 532 g/mol. The summed E-state index contributed by atoms with van der Waals surface area (Å²) in [4.78, 5) is 7.83. The van der Waals surface area contributed by atoms with Crippen LogP contribution in [-0.4, -0.2) is 16.2 Å². The lowest BCUT2D eigenvalue weighted by Gasteiger charge is -2.01.